The van der Waals surface area contributed by atoms with Crippen molar-refractivity contribution in [1.29, 1.82) is 0 Å². The van der Waals surface area contributed by atoms with Crippen LogP contribution in [0.15, 0.2) is 0 Å². The molecule has 0 aromatic heterocycles. The number of hydrogen-bond donors (Lipinski definition) is 1. The third kappa shape index (κ3) is 3.28. The van der Waals surface area contributed by atoms with Crippen molar-refractivity contribution < 1.29 is 0 Å². The summed E-state index contributed by atoms with van der Waals surface area (Å²) in [6.45, 7) is 15.0. The Morgan fingerprint density at radius 2 is 1.85 bits per heavy atom. The minimum absolute atomic E-state index is 0.369. The lowest BCUT2D eigenvalue weighted by Gasteiger charge is -2.48. The average Bonchev–Trinajstić information content (AvgIpc) is 1.79. The Hall–Kier alpha value is -0.0800. The molecule has 78 valence electrons. The van der Waals surface area contributed by atoms with Crippen LogP contribution in [0.5, 0.6) is 0 Å². The van der Waals surface area contributed by atoms with Crippen LogP contribution < -0.4 is 5.32 Å². The van der Waals surface area contributed by atoms with Gasteiger partial charge in [0.2, 0.25) is 0 Å². The summed E-state index contributed by atoms with van der Waals surface area (Å²) in [5.74, 6) is 0.877. The summed E-state index contributed by atoms with van der Waals surface area (Å²) in [4.78, 5) is 2.54. The minimum atomic E-state index is 0.369. The predicted octanol–water partition coefficient (Wildman–Crippen LogP) is 1.71. The topological polar surface area (TPSA) is 15.3 Å². The van der Waals surface area contributed by atoms with Crippen molar-refractivity contribution in [3.63, 3.8) is 0 Å². The number of nitrogens with one attached hydrogen (secondary N) is 1. The lowest BCUT2D eigenvalue weighted by atomic mass is 9.92. The lowest BCUT2D eigenvalue weighted by molar-refractivity contribution is 0.0139. The second kappa shape index (κ2) is 3.97. The van der Waals surface area contributed by atoms with Gasteiger partial charge >= 0.3 is 0 Å². The van der Waals surface area contributed by atoms with Crippen LogP contribution in [-0.2, 0) is 0 Å². The zero-order chi connectivity index (χ0) is 10.1. The Morgan fingerprint density at radius 3 is 2.23 bits per heavy atom. The van der Waals surface area contributed by atoms with Crippen LogP contribution in [0.1, 0.15) is 34.6 Å². The zero-order valence-electron chi connectivity index (χ0n) is 9.72. The van der Waals surface area contributed by atoms with E-state index in [0.29, 0.717) is 11.6 Å². The monoisotopic (exact) mass is 184 g/mol. The van der Waals surface area contributed by atoms with Gasteiger partial charge < -0.3 is 5.32 Å². The van der Waals surface area contributed by atoms with Crippen molar-refractivity contribution in [2.75, 3.05) is 19.6 Å². The van der Waals surface area contributed by atoms with Gasteiger partial charge in [-0.25, -0.2) is 0 Å². The van der Waals surface area contributed by atoms with E-state index in [1.165, 1.54) is 19.6 Å². The van der Waals surface area contributed by atoms with E-state index in [0.717, 1.165) is 5.92 Å². The van der Waals surface area contributed by atoms with Gasteiger partial charge in [0.25, 0.3) is 0 Å². The average molecular weight is 184 g/mol. The highest BCUT2D eigenvalue weighted by Crippen LogP contribution is 2.24. The molecule has 2 nitrogen and oxygen atoms in total. The zero-order valence-corrected chi connectivity index (χ0v) is 9.72. The van der Waals surface area contributed by atoms with Crippen LogP contribution >= 0.6 is 0 Å². The van der Waals surface area contributed by atoms with Crippen molar-refractivity contribution in [3.8, 4) is 0 Å². The molecule has 0 spiro atoms. The van der Waals surface area contributed by atoms with Gasteiger partial charge in [-0.05, 0) is 26.7 Å². The molecular weight excluding hydrogens is 160 g/mol. The van der Waals surface area contributed by atoms with E-state index in [1.54, 1.807) is 0 Å². The fourth-order valence-corrected chi connectivity index (χ4v) is 1.65. The second-order valence-corrected chi connectivity index (χ2v) is 5.50. The summed E-state index contributed by atoms with van der Waals surface area (Å²) in [5.41, 5.74) is 0.369. The maximum atomic E-state index is 3.49. The molecule has 13 heavy (non-hydrogen) atoms. The molecule has 0 radical (unpaired) electrons. The summed E-state index contributed by atoms with van der Waals surface area (Å²) >= 11 is 0. The van der Waals surface area contributed by atoms with E-state index >= 15 is 0 Å². The molecule has 1 N–H and O–H groups in total. The predicted molar refractivity (Wildman–Crippen MR) is 58.0 cm³/mol. The molecule has 0 amide bonds. The first-order valence-corrected chi connectivity index (χ1v) is 5.38. The largest absolute Gasteiger partial charge is 0.314 e. The van der Waals surface area contributed by atoms with E-state index in [1.807, 2.05) is 0 Å². The van der Waals surface area contributed by atoms with Crippen LogP contribution in [0.4, 0.5) is 0 Å². The minimum Gasteiger partial charge on any atom is -0.314 e. The van der Waals surface area contributed by atoms with Gasteiger partial charge in [-0.1, -0.05) is 13.8 Å². The number of rotatable bonds is 3. The summed E-state index contributed by atoms with van der Waals surface area (Å²) in [6.07, 6.45) is 0. The SMILES string of the molecule is CC(C)NCC1CN(C(C)(C)C)C1. The molecular formula is C11H24N2. The quantitative estimate of drug-likeness (QED) is 0.718. The summed E-state index contributed by atoms with van der Waals surface area (Å²) < 4.78 is 0. The molecule has 0 saturated carbocycles. The number of likely N-dealkylation sites (tertiary alicyclic amines) is 1. The molecule has 0 aromatic rings. The van der Waals surface area contributed by atoms with E-state index < -0.39 is 0 Å². The summed E-state index contributed by atoms with van der Waals surface area (Å²) in [6, 6.07) is 0.628. The Balaban J connectivity index is 2.12. The van der Waals surface area contributed by atoms with Crippen molar-refractivity contribution in [1.82, 2.24) is 10.2 Å². The van der Waals surface area contributed by atoms with Crippen LogP contribution in [0.3, 0.4) is 0 Å². The van der Waals surface area contributed by atoms with Gasteiger partial charge in [-0.3, -0.25) is 4.90 Å². The fraction of sp³-hybridized carbons (Fsp3) is 1.00. The molecule has 1 rings (SSSR count). The molecule has 2 heteroatoms. The van der Waals surface area contributed by atoms with Crippen LogP contribution in [-0.4, -0.2) is 36.1 Å². The van der Waals surface area contributed by atoms with Gasteiger partial charge in [0.1, 0.15) is 0 Å². The van der Waals surface area contributed by atoms with Gasteiger partial charge in [-0.15, -0.1) is 0 Å². The van der Waals surface area contributed by atoms with Crippen molar-refractivity contribution in [3.05, 3.63) is 0 Å². The maximum Gasteiger partial charge on any atom is 0.0125 e. The highest BCUT2D eigenvalue weighted by Gasteiger charge is 2.33. The summed E-state index contributed by atoms with van der Waals surface area (Å²) in [5, 5.41) is 3.49. The standard InChI is InChI=1S/C11H24N2/c1-9(2)12-6-10-7-13(8-10)11(3,4)5/h9-10,12H,6-8H2,1-5H3. The maximum absolute atomic E-state index is 3.49. The molecule has 0 atom stereocenters. The van der Waals surface area contributed by atoms with Crippen LogP contribution in [0.2, 0.25) is 0 Å². The highest BCUT2D eigenvalue weighted by molar-refractivity contribution is 4.89. The Labute approximate surface area is 82.7 Å². The third-order valence-corrected chi connectivity index (χ3v) is 2.72. The van der Waals surface area contributed by atoms with Crippen molar-refractivity contribution >= 4 is 0 Å². The molecule has 0 aliphatic carbocycles. The highest BCUT2D eigenvalue weighted by atomic mass is 15.2. The van der Waals surface area contributed by atoms with Crippen LogP contribution in [0, 0.1) is 5.92 Å². The first kappa shape index (κ1) is 11.0. The Morgan fingerprint density at radius 1 is 1.31 bits per heavy atom. The van der Waals surface area contributed by atoms with Gasteiger partial charge in [0, 0.05) is 31.2 Å². The van der Waals surface area contributed by atoms with Gasteiger partial charge in [0.15, 0.2) is 0 Å². The second-order valence-electron chi connectivity index (χ2n) is 5.50. The van der Waals surface area contributed by atoms with Crippen LogP contribution in [0.25, 0.3) is 0 Å². The molecule has 1 fully saturated rings. The number of hydrogen-bond acceptors (Lipinski definition) is 2. The molecule has 0 aromatic carbocycles. The Bertz CT molecular complexity index is 152. The molecule has 1 heterocycles. The molecule has 0 bridgehead atoms. The summed E-state index contributed by atoms with van der Waals surface area (Å²) in [7, 11) is 0. The van der Waals surface area contributed by atoms with E-state index in [-0.39, 0.29) is 0 Å². The first-order chi connectivity index (χ1) is 5.89. The fourth-order valence-electron chi connectivity index (χ4n) is 1.65. The smallest absolute Gasteiger partial charge is 0.0125 e. The lowest BCUT2D eigenvalue weighted by Crippen LogP contribution is -2.58. The molecule has 0 unspecified atom stereocenters. The Kier molecular flexibility index (Phi) is 3.36. The first-order valence-electron chi connectivity index (χ1n) is 5.38. The molecule has 1 saturated heterocycles. The van der Waals surface area contributed by atoms with Crippen molar-refractivity contribution in [2.24, 2.45) is 5.92 Å². The number of nitrogens with zero attached hydrogens (tertiary/aromatic N) is 1. The molecule has 1 aliphatic heterocycles. The molecule has 1 aliphatic rings. The van der Waals surface area contributed by atoms with Gasteiger partial charge in [0.05, 0.1) is 0 Å². The van der Waals surface area contributed by atoms with E-state index in [2.05, 4.69) is 44.8 Å². The normalized spacial score (nSPS) is 20.8. The van der Waals surface area contributed by atoms with E-state index in [4.69, 9.17) is 0 Å². The van der Waals surface area contributed by atoms with Gasteiger partial charge in [-0.2, -0.15) is 0 Å². The van der Waals surface area contributed by atoms with E-state index in [9.17, 15) is 0 Å². The van der Waals surface area contributed by atoms with Crippen molar-refractivity contribution in [2.45, 2.75) is 46.2 Å². The third-order valence-electron chi connectivity index (χ3n) is 2.72.